The van der Waals surface area contributed by atoms with Crippen LogP contribution in [0.4, 0.5) is 0 Å². The van der Waals surface area contributed by atoms with Crippen LogP contribution in [0.15, 0.2) is 15.8 Å². The lowest BCUT2D eigenvalue weighted by molar-refractivity contribution is -0.00776. The van der Waals surface area contributed by atoms with Crippen molar-refractivity contribution in [1.29, 1.82) is 0 Å². The Morgan fingerprint density at radius 3 is 3.04 bits per heavy atom. The van der Waals surface area contributed by atoms with Gasteiger partial charge in [-0.25, -0.2) is 4.79 Å². The van der Waals surface area contributed by atoms with Crippen molar-refractivity contribution in [3.63, 3.8) is 0 Å². The lowest BCUT2D eigenvalue weighted by Crippen LogP contribution is -2.33. The molecule has 11 heteroatoms. The summed E-state index contributed by atoms with van der Waals surface area (Å²) >= 11 is 0. The zero-order valence-electron chi connectivity index (χ0n) is 12.0. The van der Waals surface area contributed by atoms with Crippen molar-refractivity contribution in [2.24, 2.45) is 5.73 Å². The van der Waals surface area contributed by atoms with Gasteiger partial charge in [-0.15, -0.1) is 0 Å². The molecule has 1 saturated heterocycles. The number of hydrogen-bond acceptors (Lipinski definition) is 6. The Morgan fingerprint density at radius 1 is 1.57 bits per heavy atom. The predicted molar refractivity (Wildman–Crippen MR) is 90.9 cm³/mol. The van der Waals surface area contributed by atoms with Crippen molar-refractivity contribution in [2.75, 3.05) is 12.7 Å². The number of rotatable bonds is 5. The van der Waals surface area contributed by atoms with Gasteiger partial charge in [0.1, 0.15) is 11.8 Å². The van der Waals surface area contributed by atoms with Crippen LogP contribution >= 0.6 is 24.4 Å². The molecule has 1 aromatic heterocycles. The van der Waals surface area contributed by atoms with Gasteiger partial charge in [0.05, 0.1) is 18.8 Å². The van der Waals surface area contributed by atoms with E-state index in [2.05, 4.69) is 16.8 Å². The van der Waals surface area contributed by atoms with Crippen molar-refractivity contribution in [3.8, 4) is 11.8 Å². The third kappa shape index (κ3) is 4.78. The van der Waals surface area contributed by atoms with Gasteiger partial charge in [0.15, 0.2) is 8.15 Å². The number of hydrogen-bond donors (Lipinski definition) is 3. The molecule has 5 unspecified atom stereocenters. The highest BCUT2D eigenvalue weighted by molar-refractivity contribution is 8.40. The molecule has 124 valence electrons. The quantitative estimate of drug-likeness (QED) is 0.377. The van der Waals surface area contributed by atoms with Crippen molar-refractivity contribution in [3.05, 3.63) is 32.6 Å². The van der Waals surface area contributed by atoms with E-state index in [1.165, 1.54) is 10.8 Å². The van der Waals surface area contributed by atoms with Crippen LogP contribution < -0.4 is 17.0 Å². The number of ether oxygens (including phenoxy) is 1. The van der Waals surface area contributed by atoms with Crippen LogP contribution in [0.1, 0.15) is 18.2 Å². The second-order valence-electron chi connectivity index (χ2n) is 4.73. The van der Waals surface area contributed by atoms with E-state index in [0.717, 1.165) is 0 Å². The largest absolute Gasteiger partial charge is 0.390 e. The number of H-pyrrole nitrogens is 1. The van der Waals surface area contributed by atoms with E-state index in [9.17, 15) is 19.3 Å². The highest BCUT2D eigenvalue weighted by Crippen LogP contribution is 2.48. The maximum atomic E-state index is 12.0. The van der Waals surface area contributed by atoms with E-state index in [1.54, 1.807) is 0 Å². The molecule has 1 aliphatic rings. The van der Waals surface area contributed by atoms with Gasteiger partial charge in [0, 0.05) is 12.6 Å². The van der Waals surface area contributed by atoms with Gasteiger partial charge in [-0.1, -0.05) is 20.1 Å². The molecular formula is C12H16N3O5P3. The zero-order chi connectivity index (χ0) is 16.8. The molecule has 8 nitrogen and oxygen atoms in total. The summed E-state index contributed by atoms with van der Waals surface area (Å²) in [5, 5.41) is 10.0. The molecule has 0 radical (unpaired) electrons. The smallest absolute Gasteiger partial charge is 0.330 e. The first kappa shape index (κ1) is 18.4. The van der Waals surface area contributed by atoms with E-state index in [4.69, 9.17) is 10.5 Å². The molecule has 5 atom stereocenters. The van der Waals surface area contributed by atoms with Gasteiger partial charge < -0.3 is 15.6 Å². The van der Waals surface area contributed by atoms with E-state index in [-0.39, 0.29) is 26.7 Å². The first-order valence-electron chi connectivity index (χ1n) is 6.75. The molecule has 1 aromatic rings. The number of nitrogens with one attached hydrogen (secondary N) is 1. The van der Waals surface area contributed by atoms with Crippen molar-refractivity contribution in [2.45, 2.75) is 24.9 Å². The Hall–Kier alpha value is -0.920. The third-order valence-electron chi connectivity index (χ3n) is 3.24. The molecule has 1 fully saturated rings. The molecule has 0 aromatic carbocycles. The number of nitrogens with two attached hydrogens (primary N) is 1. The van der Waals surface area contributed by atoms with Gasteiger partial charge in [0.2, 0.25) is 0 Å². The van der Waals surface area contributed by atoms with E-state index in [0.29, 0.717) is 22.4 Å². The van der Waals surface area contributed by atoms with Crippen LogP contribution in [0.25, 0.3) is 0 Å². The predicted octanol–water partition coefficient (Wildman–Crippen LogP) is -0.0261. The van der Waals surface area contributed by atoms with Crippen molar-refractivity contribution >= 4 is 24.4 Å². The van der Waals surface area contributed by atoms with Gasteiger partial charge in [-0.2, -0.15) is 0 Å². The average molecular weight is 375 g/mol. The summed E-state index contributed by atoms with van der Waals surface area (Å²) in [6.45, 7) is 0.0973. The number of aliphatic hydroxyl groups is 1. The topological polar surface area (TPSA) is 127 Å². The molecule has 0 saturated carbocycles. The molecule has 4 N–H and O–H groups in total. The summed E-state index contributed by atoms with van der Waals surface area (Å²) in [4.78, 5) is 25.8. The minimum Gasteiger partial charge on any atom is -0.390 e. The summed E-state index contributed by atoms with van der Waals surface area (Å²) in [6.07, 6.45) is 0.356. The maximum absolute atomic E-state index is 12.0. The Balaban J connectivity index is 2.20. The number of aliphatic hydroxyl groups excluding tert-OH is 1. The standard InChI is InChI=1S/C12H16N3O5P3/c13-3-1-2-7-5-15(12(18)14-11(7)17)10-4-8(16)9(20-10)6-21-23-22-19/h5,8-10,16,21,23H,3-4,6,13H2,(H,14,17,18). The molecule has 1 aliphatic heterocycles. The average Bonchev–Trinajstić information content (AvgIpc) is 2.88. The Bertz CT molecular complexity index is 738. The molecule has 2 rings (SSSR count). The molecule has 0 aliphatic carbocycles. The molecule has 0 bridgehead atoms. The number of aromatic nitrogens is 2. The first-order chi connectivity index (χ1) is 11.1. The first-order valence-corrected chi connectivity index (χ1v) is 11.6. The van der Waals surface area contributed by atoms with Gasteiger partial charge >= 0.3 is 5.69 Å². The van der Waals surface area contributed by atoms with E-state index < -0.39 is 29.7 Å². The second-order valence-corrected chi connectivity index (χ2v) is 10.2. The van der Waals surface area contributed by atoms with Gasteiger partial charge in [0.25, 0.3) is 5.56 Å². The Labute approximate surface area is 136 Å². The lowest BCUT2D eigenvalue weighted by atomic mass is 10.2. The molecular weight excluding hydrogens is 359 g/mol. The van der Waals surface area contributed by atoms with E-state index in [1.807, 2.05) is 0 Å². The molecule has 23 heavy (non-hydrogen) atoms. The maximum Gasteiger partial charge on any atom is 0.330 e. The minimum absolute atomic E-state index is 0.0973. The summed E-state index contributed by atoms with van der Waals surface area (Å²) in [6, 6.07) is 0. The van der Waals surface area contributed by atoms with E-state index >= 15 is 0 Å². The monoisotopic (exact) mass is 375 g/mol. The summed E-state index contributed by atoms with van der Waals surface area (Å²) in [5.41, 5.74) is 4.19. The SMILES string of the molecule is NCC#Cc1cn(C2CC(O)C(CPPP=O)O2)c(=O)[nH]c1=O. The fraction of sp³-hybridized carbons (Fsp3) is 0.500. The highest BCUT2D eigenvalue weighted by atomic mass is 32.4. The van der Waals surface area contributed by atoms with Crippen LogP contribution in [0.2, 0.25) is 0 Å². The Kier molecular flexibility index (Phi) is 7.05. The molecule has 0 spiro atoms. The highest BCUT2D eigenvalue weighted by Gasteiger charge is 2.35. The lowest BCUT2D eigenvalue weighted by Gasteiger charge is -2.15. The van der Waals surface area contributed by atoms with Crippen molar-refractivity contribution in [1.82, 2.24) is 9.55 Å². The summed E-state index contributed by atoms with van der Waals surface area (Å²) < 4.78 is 17.4. The van der Waals surface area contributed by atoms with Crippen molar-refractivity contribution < 1.29 is 14.4 Å². The van der Waals surface area contributed by atoms with Crippen LogP contribution in [-0.4, -0.2) is 39.6 Å². The number of aromatic amines is 1. The minimum atomic E-state index is -0.710. The fourth-order valence-corrected chi connectivity index (χ4v) is 5.38. The second kappa shape index (κ2) is 8.80. The third-order valence-corrected chi connectivity index (χ3v) is 7.70. The van der Waals surface area contributed by atoms with Gasteiger partial charge in [-0.3, -0.25) is 18.9 Å². The van der Waals surface area contributed by atoms with Crippen LogP contribution in [-0.2, 0) is 9.30 Å². The summed E-state index contributed by atoms with van der Waals surface area (Å²) in [5.74, 6) is 5.16. The Morgan fingerprint density at radius 2 is 2.35 bits per heavy atom. The normalized spacial score (nSPS) is 24.7. The number of nitrogens with zero attached hydrogens (tertiary/aromatic N) is 1. The zero-order valence-corrected chi connectivity index (χ0v) is 14.9. The summed E-state index contributed by atoms with van der Waals surface area (Å²) in [7, 11) is 0.818. The van der Waals surface area contributed by atoms with Gasteiger partial charge in [-0.05, 0) is 14.1 Å². The van der Waals surface area contributed by atoms with Crippen LogP contribution in [0.5, 0.6) is 0 Å². The fourth-order valence-electron chi connectivity index (χ4n) is 2.18. The molecule has 0 amide bonds. The van der Waals surface area contributed by atoms with Crippen LogP contribution in [0, 0.1) is 11.8 Å². The van der Waals surface area contributed by atoms with Crippen LogP contribution in [0.3, 0.4) is 0 Å². The molecule has 2 heterocycles.